The lowest BCUT2D eigenvalue weighted by molar-refractivity contribution is 0.343. The van der Waals surface area contributed by atoms with Crippen molar-refractivity contribution in [2.45, 2.75) is 0 Å². The van der Waals surface area contributed by atoms with Gasteiger partial charge in [-0.2, -0.15) is 0 Å². The van der Waals surface area contributed by atoms with Crippen LogP contribution in [0.3, 0.4) is 0 Å². The summed E-state index contributed by atoms with van der Waals surface area (Å²) in [6.45, 7) is 0.0900. The molecule has 0 bridgehead atoms. The molecule has 0 aliphatic carbocycles. The molecule has 0 amide bonds. The second kappa shape index (κ2) is 4.91. The van der Waals surface area contributed by atoms with Gasteiger partial charge in [0, 0.05) is 4.88 Å². The standard InChI is InChI=1S/C13H12OS/c14-9-1-3-11-5-7-12(8-6-11)13-4-2-10-15-13/h1-8,10,14H,9H2/b3-1+. The molecule has 1 heterocycles. The molecule has 0 radical (unpaired) electrons. The van der Waals surface area contributed by atoms with Crippen LogP contribution in [0.5, 0.6) is 0 Å². The topological polar surface area (TPSA) is 20.2 Å². The molecular formula is C13H12OS. The highest BCUT2D eigenvalue weighted by atomic mass is 32.1. The molecule has 76 valence electrons. The summed E-state index contributed by atoms with van der Waals surface area (Å²) >= 11 is 1.74. The number of benzene rings is 1. The molecule has 0 spiro atoms. The Balaban J connectivity index is 2.21. The van der Waals surface area contributed by atoms with Crippen LogP contribution in [0, 0.1) is 0 Å². The Bertz CT molecular complexity index is 426. The van der Waals surface area contributed by atoms with E-state index in [0.29, 0.717) is 0 Å². The van der Waals surface area contributed by atoms with E-state index in [-0.39, 0.29) is 6.61 Å². The predicted molar refractivity (Wildman–Crippen MR) is 65.9 cm³/mol. The lowest BCUT2D eigenvalue weighted by Gasteiger charge is -1.98. The second-order valence-corrected chi connectivity index (χ2v) is 4.13. The first-order chi connectivity index (χ1) is 7.40. The molecule has 0 fully saturated rings. The van der Waals surface area contributed by atoms with Crippen LogP contribution in [-0.4, -0.2) is 11.7 Å². The Kier molecular flexibility index (Phi) is 3.33. The minimum atomic E-state index is 0.0900. The Morgan fingerprint density at radius 3 is 2.53 bits per heavy atom. The normalized spacial score (nSPS) is 11.0. The average Bonchev–Trinajstić information content (AvgIpc) is 2.80. The number of rotatable bonds is 3. The summed E-state index contributed by atoms with van der Waals surface area (Å²) < 4.78 is 0. The zero-order chi connectivity index (χ0) is 10.5. The van der Waals surface area contributed by atoms with Gasteiger partial charge in [0.2, 0.25) is 0 Å². The highest BCUT2D eigenvalue weighted by molar-refractivity contribution is 7.13. The summed E-state index contributed by atoms with van der Waals surface area (Å²) in [5, 5.41) is 10.7. The fourth-order valence-corrected chi connectivity index (χ4v) is 2.12. The van der Waals surface area contributed by atoms with Crippen molar-refractivity contribution in [1.82, 2.24) is 0 Å². The number of hydrogen-bond donors (Lipinski definition) is 1. The zero-order valence-corrected chi connectivity index (χ0v) is 9.08. The lowest BCUT2D eigenvalue weighted by atomic mass is 10.1. The molecule has 1 nitrogen and oxygen atoms in total. The molecule has 1 aromatic heterocycles. The van der Waals surface area contributed by atoms with E-state index in [9.17, 15) is 0 Å². The van der Waals surface area contributed by atoms with Gasteiger partial charge >= 0.3 is 0 Å². The monoisotopic (exact) mass is 216 g/mol. The van der Waals surface area contributed by atoms with Crippen LogP contribution in [0.2, 0.25) is 0 Å². The largest absolute Gasteiger partial charge is 0.392 e. The highest BCUT2D eigenvalue weighted by Gasteiger charge is 1.96. The molecular weight excluding hydrogens is 204 g/mol. The number of hydrogen-bond acceptors (Lipinski definition) is 2. The van der Waals surface area contributed by atoms with Crippen molar-refractivity contribution in [2.24, 2.45) is 0 Å². The van der Waals surface area contributed by atoms with E-state index in [0.717, 1.165) is 5.56 Å². The fourth-order valence-electron chi connectivity index (χ4n) is 1.39. The maximum Gasteiger partial charge on any atom is 0.0615 e. The molecule has 2 rings (SSSR count). The molecule has 2 heteroatoms. The molecule has 0 saturated heterocycles. The molecule has 1 aromatic carbocycles. The summed E-state index contributed by atoms with van der Waals surface area (Å²) in [5.74, 6) is 0. The maximum atomic E-state index is 8.65. The molecule has 15 heavy (non-hydrogen) atoms. The van der Waals surface area contributed by atoms with E-state index in [1.54, 1.807) is 17.4 Å². The lowest BCUT2D eigenvalue weighted by Crippen LogP contribution is -1.76. The van der Waals surface area contributed by atoms with Gasteiger partial charge in [0.25, 0.3) is 0 Å². The van der Waals surface area contributed by atoms with Crippen molar-refractivity contribution in [3.8, 4) is 10.4 Å². The zero-order valence-electron chi connectivity index (χ0n) is 8.26. The van der Waals surface area contributed by atoms with E-state index >= 15 is 0 Å². The molecule has 1 N–H and O–H groups in total. The van der Waals surface area contributed by atoms with Gasteiger partial charge in [-0.1, -0.05) is 42.5 Å². The van der Waals surface area contributed by atoms with Gasteiger partial charge in [0.05, 0.1) is 6.61 Å². The minimum Gasteiger partial charge on any atom is -0.392 e. The summed E-state index contributed by atoms with van der Waals surface area (Å²) in [5.41, 5.74) is 2.36. The third kappa shape index (κ3) is 2.55. The van der Waals surface area contributed by atoms with Crippen LogP contribution in [0.15, 0.2) is 47.9 Å². The van der Waals surface area contributed by atoms with Gasteiger partial charge in [0.1, 0.15) is 0 Å². The Labute approximate surface area is 93.3 Å². The van der Waals surface area contributed by atoms with Crippen LogP contribution in [-0.2, 0) is 0 Å². The first kappa shape index (κ1) is 10.1. The van der Waals surface area contributed by atoms with Gasteiger partial charge in [0.15, 0.2) is 0 Å². The maximum absolute atomic E-state index is 8.65. The summed E-state index contributed by atoms with van der Waals surface area (Å²) in [6, 6.07) is 12.5. The van der Waals surface area contributed by atoms with Crippen molar-refractivity contribution in [2.75, 3.05) is 6.61 Å². The fraction of sp³-hybridized carbons (Fsp3) is 0.0769. The summed E-state index contributed by atoms with van der Waals surface area (Å²) in [4.78, 5) is 1.28. The van der Waals surface area contributed by atoms with Crippen LogP contribution in [0.1, 0.15) is 5.56 Å². The molecule has 0 atom stereocenters. The number of thiophene rings is 1. The van der Waals surface area contributed by atoms with Gasteiger partial charge in [-0.15, -0.1) is 11.3 Å². The first-order valence-corrected chi connectivity index (χ1v) is 5.69. The van der Waals surface area contributed by atoms with E-state index in [4.69, 9.17) is 5.11 Å². The molecule has 0 saturated carbocycles. The number of aliphatic hydroxyl groups excluding tert-OH is 1. The Morgan fingerprint density at radius 1 is 1.13 bits per heavy atom. The van der Waals surface area contributed by atoms with Crippen LogP contribution < -0.4 is 0 Å². The van der Waals surface area contributed by atoms with Crippen molar-refractivity contribution in [3.05, 3.63) is 53.4 Å². The van der Waals surface area contributed by atoms with Crippen molar-refractivity contribution < 1.29 is 5.11 Å². The van der Waals surface area contributed by atoms with Gasteiger partial charge in [-0.3, -0.25) is 0 Å². The number of aliphatic hydroxyl groups is 1. The van der Waals surface area contributed by atoms with E-state index in [1.165, 1.54) is 10.4 Å². The molecule has 0 aliphatic rings. The first-order valence-electron chi connectivity index (χ1n) is 4.81. The summed E-state index contributed by atoms with van der Waals surface area (Å²) in [6.07, 6.45) is 3.65. The predicted octanol–water partition coefficient (Wildman–Crippen LogP) is 3.42. The van der Waals surface area contributed by atoms with Gasteiger partial charge in [-0.05, 0) is 22.6 Å². The Hall–Kier alpha value is -1.38. The summed E-state index contributed by atoms with van der Waals surface area (Å²) in [7, 11) is 0. The van der Waals surface area contributed by atoms with Gasteiger partial charge in [-0.25, -0.2) is 0 Å². The van der Waals surface area contributed by atoms with E-state index < -0.39 is 0 Å². The molecule has 0 unspecified atom stereocenters. The highest BCUT2D eigenvalue weighted by Crippen LogP contribution is 2.24. The van der Waals surface area contributed by atoms with E-state index in [2.05, 4.69) is 41.8 Å². The van der Waals surface area contributed by atoms with Crippen LogP contribution >= 0.6 is 11.3 Å². The third-order valence-corrected chi connectivity index (χ3v) is 3.05. The van der Waals surface area contributed by atoms with E-state index in [1.807, 2.05) is 6.08 Å². The van der Waals surface area contributed by atoms with Crippen molar-refractivity contribution >= 4 is 17.4 Å². The van der Waals surface area contributed by atoms with Crippen molar-refractivity contribution in [3.63, 3.8) is 0 Å². The third-order valence-electron chi connectivity index (χ3n) is 2.13. The minimum absolute atomic E-state index is 0.0900. The molecule has 0 aliphatic heterocycles. The van der Waals surface area contributed by atoms with Crippen molar-refractivity contribution in [1.29, 1.82) is 0 Å². The van der Waals surface area contributed by atoms with Crippen LogP contribution in [0.4, 0.5) is 0 Å². The average molecular weight is 216 g/mol. The SMILES string of the molecule is OC/C=C/c1ccc(-c2cccs2)cc1. The van der Waals surface area contributed by atoms with Crippen LogP contribution in [0.25, 0.3) is 16.5 Å². The molecule has 2 aromatic rings. The second-order valence-electron chi connectivity index (χ2n) is 3.18. The Morgan fingerprint density at radius 2 is 1.93 bits per heavy atom. The quantitative estimate of drug-likeness (QED) is 0.833. The smallest absolute Gasteiger partial charge is 0.0615 e. The van der Waals surface area contributed by atoms with Gasteiger partial charge < -0.3 is 5.11 Å².